The van der Waals surface area contributed by atoms with E-state index in [1.807, 2.05) is 13.3 Å². The summed E-state index contributed by atoms with van der Waals surface area (Å²) in [5, 5.41) is 19.7. The molecule has 9 nitrogen and oxygen atoms in total. The first-order valence-electron chi connectivity index (χ1n) is 10.7. The average molecular weight is 485 g/mol. The quantitative estimate of drug-likeness (QED) is 0.187. The molecule has 5 atom stereocenters. The minimum Gasteiger partial charge on any atom is -0.495 e. The van der Waals surface area contributed by atoms with Crippen molar-refractivity contribution in [2.24, 2.45) is 0 Å². The van der Waals surface area contributed by atoms with Crippen molar-refractivity contribution < 1.29 is 14.1 Å². The maximum Gasteiger partial charge on any atom is 0.247 e. The highest BCUT2D eigenvalue weighted by atomic mass is 35.5. The maximum absolute atomic E-state index is 12.8. The van der Waals surface area contributed by atoms with E-state index in [0.29, 0.717) is 23.7 Å². The van der Waals surface area contributed by atoms with Gasteiger partial charge in [-0.15, -0.1) is 11.6 Å². The normalized spacial score (nSPS) is 28.6. The summed E-state index contributed by atoms with van der Waals surface area (Å²) in [6.07, 6.45) is 1.61. The maximum atomic E-state index is 12.8. The highest BCUT2D eigenvalue weighted by Gasteiger charge is 2.37. The molecule has 2 saturated heterocycles. The van der Waals surface area contributed by atoms with Crippen LogP contribution in [0.3, 0.4) is 0 Å². The number of ether oxygens (including phenoxy) is 1. The third kappa shape index (κ3) is 6.47. The van der Waals surface area contributed by atoms with Crippen LogP contribution in [0.25, 0.3) is 0 Å². The van der Waals surface area contributed by atoms with Crippen molar-refractivity contribution in [3.05, 3.63) is 30.9 Å². The van der Waals surface area contributed by atoms with Gasteiger partial charge in [-0.05, 0) is 50.6 Å². The van der Waals surface area contributed by atoms with Crippen molar-refractivity contribution in [2.75, 3.05) is 50.7 Å². The second-order valence-corrected chi connectivity index (χ2v) is 12.6. The summed E-state index contributed by atoms with van der Waals surface area (Å²) in [5.41, 5.74) is 1.44. The van der Waals surface area contributed by atoms with Gasteiger partial charge in [-0.2, -0.15) is 0 Å². The molecule has 2 fully saturated rings. The number of carbonyl (C=O) groups excluding carboxylic acids is 1. The number of piperidine rings is 1. The number of methoxy groups -OCH3 is 1. The highest BCUT2D eigenvalue weighted by molar-refractivity contribution is 7.63. The summed E-state index contributed by atoms with van der Waals surface area (Å²) in [4.78, 5) is 11.6. The van der Waals surface area contributed by atoms with Crippen LogP contribution in [-0.2, 0) is 9.36 Å². The Balaban J connectivity index is 1.70. The van der Waals surface area contributed by atoms with Gasteiger partial charge in [0.2, 0.25) is 5.91 Å². The van der Waals surface area contributed by atoms with Crippen LogP contribution in [0.5, 0.6) is 5.75 Å². The number of hydrogen-bond acceptors (Lipinski definition) is 8. The Morgan fingerprint density at radius 3 is 2.81 bits per heavy atom. The van der Waals surface area contributed by atoms with E-state index in [2.05, 4.69) is 38.5 Å². The van der Waals surface area contributed by atoms with Gasteiger partial charge in [0.25, 0.3) is 0 Å². The SMILES string of the molecule is C=CC(=O)Nc1ccc(OC)c(NC2NCC(Cl)C(NC3CNCCC3P(C)(C)=O)N2)c1. The predicted molar refractivity (Wildman–Crippen MR) is 131 cm³/mol. The lowest BCUT2D eigenvalue weighted by molar-refractivity contribution is -0.111. The summed E-state index contributed by atoms with van der Waals surface area (Å²) in [7, 11) is -0.657. The monoisotopic (exact) mass is 484 g/mol. The number of rotatable bonds is 8. The van der Waals surface area contributed by atoms with Crippen LogP contribution in [0.4, 0.5) is 11.4 Å². The summed E-state index contributed by atoms with van der Waals surface area (Å²) >= 11 is 6.60. The van der Waals surface area contributed by atoms with Gasteiger partial charge in [0.15, 0.2) is 0 Å². The van der Waals surface area contributed by atoms with Gasteiger partial charge >= 0.3 is 0 Å². The molecule has 1 amide bonds. The smallest absolute Gasteiger partial charge is 0.247 e. The fourth-order valence-electron chi connectivity index (χ4n) is 4.17. The Morgan fingerprint density at radius 2 is 2.12 bits per heavy atom. The Bertz CT molecular complexity index is 866. The second kappa shape index (κ2) is 11.0. The molecule has 0 bridgehead atoms. The van der Waals surface area contributed by atoms with Gasteiger partial charge in [-0.1, -0.05) is 6.58 Å². The molecule has 0 radical (unpaired) electrons. The minimum atomic E-state index is -2.25. The Kier molecular flexibility index (Phi) is 8.61. The van der Waals surface area contributed by atoms with Crippen LogP contribution in [0, 0.1) is 0 Å². The first-order chi connectivity index (χ1) is 15.2. The number of hydrogen-bond donors (Lipinski definition) is 6. The summed E-state index contributed by atoms with van der Waals surface area (Å²) in [6.45, 7) is 9.40. The summed E-state index contributed by atoms with van der Waals surface area (Å²) < 4.78 is 18.3. The largest absolute Gasteiger partial charge is 0.495 e. The zero-order valence-electron chi connectivity index (χ0n) is 18.8. The van der Waals surface area contributed by atoms with Crippen molar-refractivity contribution in [1.29, 1.82) is 0 Å². The molecule has 11 heteroatoms. The van der Waals surface area contributed by atoms with E-state index < -0.39 is 7.14 Å². The van der Waals surface area contributed by atoms with Gasteiger partial charge in [0.1, 0.15) is 12.0 Å². The molecule has 2 aliphatic heterocycles. The third-order valence-electron chi connectivity index (χ3n) is 5.82. The number of carbonyl (C=O) groups is 1. The zero-order valence-corrected chi connectivity index (χ0v) is 20.4. The van der Waals surface area contributed by atoms with Gasteiger partial charge in [-0.3, -0.25) is 20.7 Å². The molecule has 6 N–H and O–H groups in total. The Hall–Kier alpha value is -1.61. The van der Waals surface area contributed by atoms with Crippen LogP contribution in [0.15, 0.2) is 30.9 Å². The highest BCUT2D eigenvalue weighted by Crippen LogP contribution is 2.46. The molecule has 178 valence electrons. The molecular formula is C21H34ClN6O3P. The Labute approximate surface area is 194 Å². The number of nitrogens with one attached hydrogen (secondary N) is 6. The number of halogens is 1. The van der Waals surface area contributed by atoms with Gasteiger partial charge in [-0.25, -0.2) is 0 Å². The van der Waals surface area contributed by atoms with E-state index in [9.17, 15) is 9.36 Å². The number of anilines is 2. The van der Waals surface area contributed by atoms with Gasteiger partial charge in [0.05, 0.1) is 31.5 Å². The molecule has 0 aliphatic carbocycles. The molecule has 0 spiro atoms. The average Bonchev–Trinajstić information content (AvgIpc) is 2.76. The Morgan fingerprint density at radius 1 is 1.34 bits per heavy atom. The van der Waals surface area contributed by atoms with Crippen LogP contribution < -0.4 is 36.6 Å². The van der Waals surface area contributed by atoms with Crippen LogP contribution in [0.2, 0.25) is 0 Å². The lowest BCUT2D eigenvalue weighted by Gasteiger charge is -2.42. The fraction of sp³-hybridized carbons (Fsp3) is 0.571. The molecule has 0 saturated carbocycles. The van der Waals surface area contributed by atoms with Gasteiger partial charge in [0, 0.05) is 30.5 Å². The van der Waals surface area contributed by atoms with Crippen molar-refractivity contribution in [3.8, 4) is 5.75 Å². The molecule has 3 rings (SSSR count). The van der Waals surface area contributed by atoms with Crippen LogP contribution in [0.1, 0.15) is 6.42 Å². The molecule has 5 unspecified atom stereocenters. The minimum absolute atomic E-state index is 0.0639. The van der Waals surface area contributed by atoms with E-state index in [1.165, 1.54) is 6.08 Å². The van der Waals surface area contributed by atoms with Crippen molar-refractivity contribution in [1.82, 2.24) is 21.3 Å². The zero-order chi connectivity index (χ0) is 23.3. The molecule has 1 aromatic carbocycles. The standard InChI is InChI=1S/C21H34ClN6O3P/c1-5-19(29)25-13-6-7-17(31-2)15(10-13)27-21-24-11-14(22)20(28-21)26-16-12-23-9-8-18(16)32(3,4)30/h5-7,10,14,16,18,20-21,23-24,26-28H,1,8-9,11-12H2,2-4H3,(H,25,29). The molecule has 2 heterocycles. The number of benzene rings is 1. The van der Waals surface area contributed by atoms with Crippen molar-refractivity contribution >= 4 is 36.0 Å². The topological polar surface area (TPSA) is 116 Å². The molecule has 32 heavy (non-hydrogen) atoms. The number of amides is 1. The first kappa shape index (κ1) is 25.0. The number of alkyl halides is 1. The predicted octanol–water partition coefficient (Wildman–Crippen LogP) is 1.58. The van der Waals surface area contributed by atoms with E-state index >= 15 is 0 Å². The van der Waals surface area contributed by atoms with Gasteiger partial charge < -0.3 is 25.3 Å². The molecular weight excluding hydrogens is 451 g/mol. The third-order valence-corrected chi connectivity index (χ3v) is 8.44. The first-order valence-corrected chi connectivity index (χ1v) is 13.8. The molecule has 0 aromatic heterocycles. The lowest BCUT2D eigenvalue weighted by atomic mass is 10.1. The lowest BCUT2D eigenvalue weighted by Crippen LogP contribution is -2.69. The van der Waals surface area contributed by atoms with E-state index in [1.54, 1.807) is 25.3 Å². The van der Waals surface area contributed by atoms with E-state index in [4.69, 9.17) is 16.3 Å². The fourth-order valence-corrected chi connectivity index (χ4v) is 6.22. The van der Waals surface area contributed by atoms with Crippen LogP contribution >= 0.6 is 18.7 Å². The summed E-state index contributed by atoms with van der Waals surface area (Å²) in [5.74, 6) is 0.348. The van der Waals surface area contributed by atoms with E-state index in [-0.39, 0.29) is 35.4 Å². The van der Waals surface area contributed by atoms with Crippen molar-refractivity contribution in [3.63, 3.8) is 0 Å². The van der Waals surface area contributed by atoms with E-state index in [0.717, 1.165) is 19.5 Å². The summed E-state index contributed by atoms with van der Waals surface area (Å²) in [6, 6.07) is 5.40. The molecule has 1 aromatic rings. The molecule has 2 aliphatic rings. The second-order valence-electron chi connectivity index (χ2n) is 8.52. The van der Waals surface area contributed by atoms with Crippen LogP contribution in [-0.4, -0.2) is 75.5 Å². The van der Waals surface area contributed by atoms with Crippen molar-refractivity contribution in [2.45, 2.75) is 36.0 Å².